The van der Waals surface area contributed by atoms with Crippen LogP contribution in [-0.2, 0) is 4.79 Å². The van der Waals surface area contributed by atoms with E-state index in [1.165, 1.54) is 6.20 Å². The molecule has 5 nitrogen and oxygen atoms in total. The van der Waals surface area contributed by atoms with E-state index in [0.717, 1.165) is 17.9 Å². The van der Waals surface area contributed by atoms with Crippen LogP contribution >= 0.6 is 0 Å². The Labute approximate surface area is 119 Å². The van der Waals surface area contributed by atoms with Gasteiger partial charge in [0.2, 0.25) is 0 Å². The predicted octanol–water partition coefficient (Wildman–Crippen LogP) is 2.43. The van der Waals surface area contributed by atoms with Crippen molar-refractivity contribution in [1.29, 1.82) is 5.26 Å². The second-order valence-electron chi connectivity index (χ2n) is 4.33. The minimum atomic E-state index is -0.372. The van der Waals surface area contributed by atoms with Gasteiger partial charge >= 0.3 is 0 Å². The second-order valence-corrected chi connectivity index (χ2v) is 4.33. The fourth-order valence-electron chi connectivity index (χ4n) is 1.39. The van der Waals surface area contributed by atoms with Gasteiger partial charge in [0.1, 0.15) is 17.4 Å². The van der Waals surface area contributed by atoms with E-state index >= 15 is 0 Å². The molecule has 0 heterocycles. The summed E-state index contributed by atoms with van der Waals surface area (Å²) in [5.74, 6) is 0.373. The minimum absolute atomic E-state index is 0.0419. The molecule has 1 unspecified atom stereocenters. The van der Waals surface area contributed by atoms with E-state index in [2.05, 4.69) is 10.6 Å². The molecule has 1 rings (SSSR count). The fourth-order valence-corrected chi connectivity index (χ4v) is 1.39. The third-order valence-electron chi connectivity index (χ3n) is 2.83. The van der Waals surface area contributed by atoms with Crippen molar-refractivity contribution in [2.45, 2.75) is 26.3 Å². The topological polar surface area (TPSA) is 74.2 Å². The molecule has 1 aromatic rings. The smallest absolute Gasteiger partial charge is 0.263 e. The lowest BCUT2D eigenvalue weighted by molar-refractivity contribution is -0.117. The Morgan fingerprint density at radius 3 is 2.60 bits per heavy atom. The molecule has 1 aromatic carbocycles. The van der Waals surface area contributed by atoms with Crippen molar-refractivity contribution in [3.05, 3.63) is 36.0 Å². The number of nitrogens with zero attached hydrogens (tertiary/aromatic N) is 1. The Morgan fingerprint density at radius 2 is 2.10 bits per heavy atom. The summed E-state index contributed by atoms with van der Waals surface area (Å²) >= 11 is 0. The number of amides is 1. The van der Waals surface area contributed by atoms with E-state index in [1.807, 2.05) is 19.9 Å². The zero-order valence-corrected chi connectivity index (χ0v) is 11.9. The van der Waals surface area contributed by atoms with E-state index in [0.29, 0.717) is 0 Å². The summed E-state index contributed by atoms with van der Waals surface area (Å²) in [7, 11) is 1.59. The number of hydrogen-bond acceptors (Lipinski definition) is 4. The first kappa shape index (κ1) is 15.6. The van der Waals surface area contributed by atoms with Crippen LogP contribution in [0.2, 0.25) is 0 Å². The molecule has 0 bridgehead atoms. The molecule has 0 aliphatic heterocycles. The molecule has 0 fully saturated rings. The minimum Gasteiger partial charge on any atom is -0.497 e. The van der Waals surface area contributed by atoms with Gasteiger partial charge in [0.25, 0.3) is 5.91 Å². The number of hydrogen-bond donors (Lipinski definition) is 2. The first-order valence-corrected chi connectivity index (χ1v) is 6.42. The molecular formula is C15H19N3O2. The highest BCUT2D eigenvalue weighted by Crippen LogP contribution is 2.15. The Hall–Kier alpha value is -2.48. The quantitative estimate of drug-likeness (QED) is 0.616. The highest BCUT2D eigenvalue weighted by atomic mass is 16.5. The van der Waals surface area contributed by atoms with Crippen LogP contribution in [0.1, 0.15) is 20.3 Å². The summed E-state index contributed by atoms with van der Waals surface area (Å²) in [5, 5.41) is 14.7. The maximum absolute atomic E-state index is 11.8. The summed E-state index contributed by atoms with van der Waals surface area (Å²) in [6.45, 7) is 3.86. The van der Waals surface area contributed by atoms with E-state index in [9.17, 15) is 4.79 Å². The summed E-state index contributed by atoms with van der Waals surface area (Å²) in [5.41, 5.74) is 0.816. The van der Waals surface area contributed by atoms with Crippen LogP contribution in [0.15, 0.2) is 36.0 Å². The van der Waals surface area contributed by atoms with Gasteiger partial charge in [0.05, 0.1) is 7.11 Å². The van der Waals surface area contributed by atoms with Crippen molar-refractivity contribution >= 4 is 11.6 Å². The molecule has 0 radical (unpaired) electrons. The maximum Gasteiger partial charge on any atom is 0.263 e. The normalized spacial score (nSPS) is 12.2. The molecule has 106 valence electrons. The molecule has 5 heteroatoms. The third kappa shape index (κ3) is 4.65. The lowest BCUT2D eigenvalue weighted by atomic mass is 10.2. The molecular weight excluding hydrogens is 254 g/mol. The van der Waals surface area contributed by atoms with Crippen molar-refractivity contribution in [2.75, 3.05) is 12.4 Å². The molecule has 0 aromatic heterocycles. The number of carbonyl (C=O) groups is 1. The lowest BCUT2D eigenvalue weighted by Gasteiger charge is -2.10. The molecule has 1 atom stereocenters. The van der Waals surface area contributed by atoms with Gasteiger partial charge in [-0.25, -0.2) is 0 Å². The van der Waals surface area contributed by atoms with E-state index in [-0.39, 0.29) is 17.5 Å². The van der Waals surface area contributed by atoms with Crippen LogP contribution in [0.25, 0.3) is 0 Å². The van der Waals surface area contributed by atoms with Crippen molar-refractivity contribution in [2.24, 2.45) is 0 Å². The van der Waals surface area contributed by atoms with Crippen molar-refractivity contribution < 1.29 is 9.53 Å². The Bertz CT molecular complexity index is 515. The van der Waals surface area contributed by atoms with Gasteiger partial charge in [-0.15, -0.1) is 0 Å². The van der Waals surface area contributed by atoms with Crippen LogP contribution < -0.4 is 15.4 Å². The van der Waals surface area contributed by atoms with Crippen molar-refractivity contribution in [3.8, 4) is 11.8 Å². The highest BCUT2D eigenvalue weighted by Gasteiger charge is 2.10. The highest BCUT2D eigenvalue weighted by molar-refractivity contribution is 5.97. The Kier molecular flexibility index (Phi) is 6.11. The Balaban J connectivity index is 2.69. The number of ether oxygens (including phenoxy) is 1. The number of nitrogens with one attached hydrogen (secondary N) is 2. The van der Waals surface area contributed by atoms with Gasteiger partial charge in [0.15, 0.2) is 0 Å². The third-order valence-corrected chi connectivity index (χ3v) is 2.83. The fraction of sp³-hybridized carbons (Fsp3) is 0.333. The van der Waals surface area contributed by atoms with Crippen molar-refractivity contribution in [3.63, 3.8) is 0 Å². The molecule has 0 spiro atoms. The average Bonchev–Trinajstić information content (AvgIpc) is 2.48. The monoisotopic (exact) mass is 273 g/mol. The standard InChI is InChI=1S/C15H19N3O2/c1-4-11(2)18-15(19)12(9-16)10-17-13-5-7-14(20-3)8-6-13/h5-8,10-11,17H,4H2,1-3H3,(H,18,19)/b12-10-. The summed E-state index contributed by atoms with van der Waals surface area (Å²) in [6, 6.07) is 9.12. The molecule has 0 saturated carbocycles. The number of carbonyl (C=O) groups excluding carboxylic acids is 1. The van der Waals surface area contributed by atoms with Crippen LogP contribution in [0, 0.1) is 11.3 Å². The number of nitriles is 1. The first-order chi connectivity index (χ1) is 9.60. The molecule has 0 aliphatic rings. The number of methoxy groups -OCH3 is 1. The molecule has 0 aliphatic carbocycles. The number of rotatable bonds is 6. The van der Waals surface area contributed by atoms with Gasteiger partial charge in [-0.1, -0.05) is 6.92 Å². The van der Waals surface area contributed by atoms with Gasteiger partial charge in [0, 0.05) is 17.9 Å². The molecule has 0 saturated heterocycles. The van der Waals surface area contributed by atoms with Crippen LogP contribution in [-0.4, -0.2) is 19.1 Å². The lowest BCUT2D eigenvalue weighted by Crippen LogP contribution is -2.33. The van der Waals surface area contributed by atoms with Gasteiger partial charge in [-0.05, 0) is 37.6 Å². The summed E-state index contributed by atoms with van der Waals surface area (Å²) < 4.78 is 5.05. The molecule has 20 heavy (non-hydrogen) atoms. The van der Waals surface area contributed by atoms with Crippen molar-refractivity contribution in [1.82, 2.24) is 5.32 Å². The van der Waals surface area contributed by atoms with E-state index in [1.54, 1.807) is 31.4 Å². The van der Waals surface area contributed by atoms with Crippen LogP contribution in [0.4, 0.5) is 5.69 Å². The maximum atomic E-state index is 11.8. The van der Waals surface area contributed by atoms with E-state index < -0.39 is 0 Å². The summed E-state index contributed by atoms with van der Waals surface area (Å²) in [4.78, 5) is 11.8. The van der Waals surface area contributed by atoms with Gasteiger partial charge in [-0.2, -0.15) is 5.26 Å². The van der Waals surface area contributed by atoms with E-state index in [4.69, 9.17) is 10.00 Å². The summed E-state index contributed by atoms with van der Waals surface area (Å²) in [6.07, 6.45) is 2.22. The Morgan fingerprint density at radius 1 is 1.45 bits per heavy atom. The molecule has 1 amide bonds. The first-order valence-electron chi connectivity index (χ1n) is 6.42. The SMILES string of the molecule is CCC(C)NC(=O)/C(C#N)=C\Nc1ccc(OC)cc1. The van der Waals surface area contributed by atoms with Crippen LogP contribution in [0.3, 0.4) is 0 Å². The average molecular weight is 273 g/mol. The zero-order chi connectivity index (χ0) is 15.0. The van der Waals surface area contributed by atoms with Crippen LogP contribution in [0.5, 0.6) is 5.75 Å². The largest absolute Gasteiger partial charge is 0.497 e. The second kappa shape index (κ2) is 7.85. The number of anilines is 1. The zero-order valence-electron chi connectivity index (χ0n) is 11.9. The number of benzene rings is 1. The predicted molar refractivity (Wildman–Crippen MR) is 78.2 cm³/mol. The van der Waals surface area contributed by atoms with Gasteiger partial charge in [-0.3, -0.25) is 4.79 Å². The van der Waals surface area contributed by atoms with Gasteiger partial charge < -0.3 is 15.4 Å². The molecule has 2 N–H and O–H groups in total.